The lowest BCUT2D eigenvalue weighted by molar-refractivity contribution is -0.138. The van der Waals surface area contributed by atoms with Crippen LogP contribution in [0.5, 0.6) is 5.75 Å². The maximum absolute atomic E-state index is 10.4. The van der Waals surface area contributed by atoms with E-state index >= 15 is 0 Å². The minimum absolute atomic E-state index is 0.0142. The molecule has 0 heterocycles. The summed E-state index contributed by atoms with van der Waals surface area (Å²) in [5, 5.41) is 9.57. The molecule has 1 rings (SSSR count). The van der Waals surface area contributed by atoms with Gasteiger partial charge < -0.3 is 9.84 Å². The summed E-state index contributed by atoms with van der Waals surface area (Å²) >= 11 is 11.6. The summed E-state index contributed by atoms with van der Waals surface area (Å²) in [6.45, 7) is 0.872. The van der Waals surface area contributed by atoms with E-state index in [4.69, 9.17) is 33.0 Å². The first-order chi connectivity index (χ1) is 7.97. The number of nitrogens with zero attached hydrogens (tertiary/aromatic N) is 1. The molecule has 0 spiro atoms. The minimum atomic E-state index is -0.863. The van der Waals surface area contributed by atoms with Gasteiger partial charge in [-0.3, -0.25) is 9.69 Å². The third-order valence-corrected chi connectivity index (χ3v) is 2.42. The van der Waals surface area contributed by atoms with Crippen molar-refractivity contribution in [2.45, 2.75) is 0 Å². The molecule has 0 saturated heterocycles. The number of benzene rings is 1. The van der Waals surface area contributed by atoms with Gasteiger partial charge in [-0.25, -0.2) is 0 Å². The largest absolute Gasteiger partial charge is 0.492 e. The van der Waals surface area contributed by atoms with Crippen molar-refractivity contribution in [1.29, 1.82) is 0 Å². The van der Waals surface area contributed by atoms with Crippen molar-refractivity contribution in [3.8, 4) is 5.75 Å². The number of carboxylic acids is 1. The highest BCUT2D eigenvalue weighted by Crippen LogP contribution is 2.23. The molecule has 0 radical (unpaired) electrons. The van der Waals surface area contributed by atoms with Gasteiger partial charge in [-0.2, -0.15) is 0 Å². The highest BCUT2D eigenvalue weighted by atomic mass is 35.5. The van der Waals surface area contributed by atoms with Gasteiger partial charge in [0.1, 0.15) is 12.4 Å². The van der Waals surface area contributed by atoms with E-state index in [1.165, 1.54) is 0 Å². The van der Waals surface area contributed by atoms with Gasteiger partial charge in [0, 0.05) is 16.6 Å². The average Bonchev–Trinajstić information content (AvgIpc) is 2.14. The molecule has 0 aliphatic rings. The first-order valence-electron chi connectivity index (χ1n) is 4.96. The SMILES string of the molecule is CN(CCOc1cc(Cl)cc(Cl)c1)CC(=O)O. The number of halogens is 2. The van der Waals surface area contributed by atoms with Crippen LogP contribution in [-0.4, -0.2) is 42.7 Å². The topological polar surface area (TPSA) is 49.8 Å². The summed E-state index contributed by atoms with van der Waals surface area (Å²) < 4.78 is 5.42. The van der Waals surface area contributed by atoms with Gasteiger partial charge in [-0.15, -0.1) is 0 Å². The highest BCUT2D eigenvalue weighted by Gasteiger charge is 2.04. The number of ether oxygens (including phenoxy) is 1. The zero-order valence-electron chi connectivity index (χ0n) is 9.32. The second-order valence-corrected chi connectivity index (χ2v) is 4.46. The molecule has 0 amide bonds. The Kier molecular flexibility index (Phi) is 5.55. The molecule has 4 nitrogen and oxygen atoms in total. The number of likely N-dealkylation sites (N-methyl/N-ethyl adjacent to an activating group) is 1. The van der Waals surface area contributed by atoms with E-state index in [0.29, 0.717) is 28.9 Å². The first kappa shape index (κ1) is 14.1. The van der Waals surface area contributed by atoms with Gasteiger partial charge in [0.05, 0.1) is 6.54 Å². The van der Waals surface area contributed by atoms with Crippen LogP contribution in [0.15, 0.2) is 18.2 Å². The van der Waals surface area contributed by atoms with Crippen molar-refractivity contribution in [2.24, 2.45) is 0 Å². The maximum atomic E-state index is 10.4. The molecule has 6 heteroatoms. The van der Waals surface area contributed by atoms with E-state index in [9.17, 15) is 4.79 Å². The summed E-state index contributed by atoms with van der Waals surface area (Å²) in [5.74, 6) is -0.287. The van der Waals surface area contributed by atoms with Crippen molar-refractivity contribution in [3.05, 3.63) is 28.2 Å². The molecule has 1 aromatic carbocycles. The molecule has 0 bridgehead atoms. The lowest BCUT2D eigenvalue weighted by atomic mass is 10.3. The Morgan fingerprint density at radius 1 is 1.35 bits per heavy atom. The van der Waals surface area contributed by atoms with Gasteiger partial charge in [0.25, 0.3) is 0 Å². The number of carbonyl (C=O) groups is 1. The molecule has 1 N–H and O–H groups in total. The summed E-state index contributed by atoms with van der Waals surface area (Å²) in [7, 11) is 1.71. The van der Waals surface area contributed by atoms with Crippen LogP contribution in [0.4, 0.5) is 0 Å². The van der Waals surface area contributed by atoms with Crippen LogP contribution < -0.4 is 4.74 Å². The summed E-state index contributed by atoms with van der Waals surface area (Å²) in [5.41, 5.74) is 0. The van der Waals surface area contributed by atoms with E-state index in [1.807, 2.05) is 0 Å². The Morgan fingerprint density at radius 3 is 2.47 bits per heavy atom. The second kappa shape index (κ2) is 6.69. The molecule has 94 valence electrons. The zero-order chi connectivity index (χ0) is 12.8. The molecule has 1 aromatic rings. The number of hydrogen-bond donors (Lipinski definition) is 1. The quantitative estimate of drug-likeness (QED) is 0.868. The van der Waals surface area contributed by atoms with Crippen LogP contribution >= 0.6 is 23.2 Å². The van der Waals surface area contributed by atoms with E-state index < -0.39 is 5.97 Å². The molecule has 0 atom stereocenters. The molecule has 0 unspecified atom stereocenters. The normalized spacial score (nSPS) is 10.6. The molecule has 0 aromatic heterocycles. The molecule has 0 aliphatic carbocycles. The van der Waals surface area contributed by atoms with Gasteiger partial charge in [0.15, 0.2) is 0 Å². The molecule has 17 heavy (non-hydrogen) atoms. The summed E-state index contributed by atoms with van der Waals surface area (Å²) in [4.78, 5) is 12.1. The van der Waals surface area contributed by atoms with Crippen LogP contribution in [0.25, 0.3) is 0 Å². The Hall–Kier alpha value is -0.970. The second-order valence-electron chi connectivity index (χ2n) is 3.59. The molecule has 0 aliphatic heterocycles. The fourth-order valence-electron chi connectivity index (χ4n) is 1.24. The third-order valence-electron chi connectivity index (χ3n) is 1.98. The Labute approximate surface area is 110 Å². The van der Waals surface area contributed by atoms with E-state index in [1.54, 1.807) is 30.1 Å². The Balaban J connectivity index is 2.37. The maximum Gasteiger partial charge on any atom is 0.317 e. The molecular formula is C11H13Cl2NO3. The van der Waals surface area contributed by atoms with Gasteiger partial charge >= 0.3 is 5.97 Å². The van der Waals surface area contributed by atoms with Crippen LogP contribution in [0.2, 0.25) is 10.0 Å². The van der Waals surface area contributed by atoms with Gasteiger partial charge in [0.2, 0.25) is 0 Å². The fraction of sp³-hybridized carbons (Fsp3) is 0.364. The van der Waals surface area contributed by atoms with E-state index in [-0.39, 0.29) is 6.54 Å². The lowest BCUT2D eigenvalue weighted by Crippen LogP contribution is -2.29. The number of carboxylic acid groups (broad SMARTS) is 1. The van der Waals surface area contributed by atoms with Crippen molar-refractivity contribution in [2.75, 3.05) is 26.7 Å². The Morgan fingerprint density at radius 2 is 1.94 bits per heavy atom. The van der Waals surface area contributed by atoms with Crippen molar-refractivity contribution >= 4 is 29.2 Å². The van der Waals surface area contributed by atoms with E-state index in [2.05, 4.69) is 0 Å². The third kappa shape index (κ3) is 5.77. The lowest BCUT2D eigenvalue weighted by Gasteiger charge is -2.14. The summed E-state index contributed by atoms with van der Waals surface area (Å²) in [6, 6.07) is 4.93. The fourth-order valence-corrected chi connectivity index (χ4v) is 1.75. The standard InChI is InChI=1S/C11H13Cl2NO3/c1-14(7-11(15)16)2-3-17-10-5-8(12)4-9(13)6-10/h4-6H,2-3,7H2,1H3,(H,15,16). The van der Waals surface area contributed by atoms with Crippen molar-refractivity contribution < 1.29 is 14.6 Å². The number of rotatable bonds is 6. The monoisotopic (exact) mass is 277 g/mol. The predicted molar refractivity (Wildman–Crippen MR) is 67.1 cm³/mol. The summed E-state index contributed by atoms with van der Waals surface area (Å²) in [6.07, 6.45) is 0. The van der Waals surface area contributed by atoms with Crippen molar-refractivity contribution in [3.63, 3.8) is 0 Å². The highest BCUT2D eigenvalue weighted by molar-refractivity contribution is 6.34. The van der Waals surface area contributed by atoms with Crippen molar-refractivity contribution in [1.82, 2.24) is 4.90 Å². The van der Waals surface area contributed by atoms with Gasteiger partial charge in [-0.05, 0) is 25.2 Å². The Bertz CT molecular complexity index is 378. The average molecular weight is 278 g/mol. The number of aliphatic carboxylic acids is 1. The zero-order valence-corrected chi connectivity index (χ0v) is 10.8. The van der Waals surface area contributed by atoms with Crippen LogP contribution in [0.1, 0.15) is 0 Å². The van der Waals surface area contributed by atoms with Crippen LogP contribution in [-0.2, 0) is 4.79 Å². The van der Waals surface area contributed by atoms with Crippen LogP contribution in [0, 0.1) is 0 Å². The molecule has 0 saturated carbocycles. The van der Waals surface area contributed by atoms with Gasteiger partial charge in [-0.1, -0.05) is 23.2 Å². The minimum Gasteiger partial charge on any atom is -0.492 e. The molecular weight excluding hydrogens is 265 g/mol. The van der Waals surface area contributed by atoms with E-state index in [0.717, 1.165) is 0 Å². The number of hydrogen-bond acceptors (Lipinski definition) is 3. The molecule has 0 fully saturated rings. The van der Waals surface area contributed by atoms with Crippen LogP contribution in [0.3, 0.4) is 0 Å². The predicted octanol–water partition coefficient (Wildman–Crippen LogP) is 2.39. The first-order valence-corrected chi connectivity index (χ1v) is 5.72. The smallest absolute Gasteiger partial charge is 0.317 e.